The zero-order chi connectivity index (χ0) is 12.3. The van der Waals surface area contributed by atoms with E-state index in [1.54, 1.807) is 0 Å². The minimum Gasteiger partial charge on any atom is -0.493 e. The predicted octanol–water partition coefficient (Wildman–Crippen LogP) is 2.52. The second-order valence-corrected chi connectivity index (χ2v) is 4.91. The topological polar surface area (TPSA) is 41.5 Å². The summed E-state index contributed by atoms with van der Waals surface area (Å²) in [7, 11) is 0. The SMILES string of the molecule is C[C@H](CO)NC1CCCOc2cc(Cl)ccc21. The van der Waals surface area contributed by atoms with Gasteiger partial charge in [0, 0.05) is 22.7 Å². The smallest absolute Gasteiger partial charge is 0.125 e. The van der Waals surface area contributed by atoms with Crippen LogP contribution in [0.25, 0.3) is 0 Å². The summed E-state index contributed by atoms with van der Waals surface area (Å²) in [5, 5.41) is 13.2. The van der Waals surface area contributed by atoms with E-state index in [4.69, 9.17) is 21.4 Å². The summed E-state index contributed by atoms with van der Waals surface area (Å²) < 4.78 is 5.69. The molecule has 1 aromatic carbocycles. The highest BCUT2D eigenvalue weighted by molar-refractivity contribution is 6.30. The van der Waals surface area contributed by atoms with Gasteiger partial charge in [0.15, 0.2) is 0 Å². The van der Waals surface area contributed by atoms with Crippen molar-refractivity contribution in [2.45, 2.75) is 31.8 Å². The second-order valence-electron chi connectivity index (χ2n) is 4.48. The maximum absolute atomic E-state index is 9.11. The Morgan fingerprint density at radius 1 is 1.59 bits per heavy atom. The number of aliphatic hydroxyl groups excluding tert-OH is 1. The number of benzene rings is 1. The molecule has 1 unspecified atom stereocenters. The molecule has 0 saturated carbocycles. The molecule has 2 rings (SSSR count). The first kappa shape index (κ1) is 12.7. The van der Waals surface area contributed by atoms with Gasteiger partial charge in [-0.2, -0.15) is 0 Å². The lowest BCUT2D eigenvalue weighted by Crippen LogP contribution is -2.33. The third kappa shape index (κ3) is 3.12. The first-order valence-electron chi connectivity index (χ1n) is 6.00. The van der Waals surface area contributed by atoms with Crippen LogP contribution in [0.4, 0.5) is 0 Å². The number of rotatable bonds is 3. The minimum atomic E-state index is 0.0848. The van der Waals surface area contributed by atoms with Gasteiger partial charge in [0.25, 0.3) is 0 Å². The normalized spacial score (nSPS) is 21.2. The van der Waals surface area contributed by atoms with Crippen LogP contribution in [0.2, 0.25) is 5.02 Å². The van der Waals surface area contributed by atoms with Crippen LogP contribution in [-0.4, -0.2) is 24.4 Å². The summed E-state index contributed by atoms with van der Waals surface area (Å²) in [4.78, 5) is 0. The number of fused-ring (bicyclic) bond motifs is 1. The zero-order valence-corrected chi connectivity index (χ0v) is 10.7. The molecule has 0 aromatic heterocycles. The van der Waals surface area contributed by atoms with E-state index >= 15 is 0 Å². The van der Waals surface area contributed by atoms with Crippen LogP contribution in [0, 0.1) is 0 Å². The van der Waals surface area contributed by atoms with E-state index in [1.165, 1.54) is 0 Å². The Hall–Kier alpha value is -0.770. The number of hydrogen-bond donors (Lipinski definition) is 2. The average molecular weight is 256 g/mol. The van der Waals surface area contributed by atoms with Crippen molar-refractivity contribution in [3.8, 4) is 5.75 Å². The van der Waals surface area contributed by atoms with E-state index in [0.717, 1.165) is 30.8 Å². The summed E-state index contributed by atoms with van der Waals surface area (Å²) in [6, 6.07) is 6.06. The summed E-state index contributed by atoms with van der Waals surface area (Å²) >= 11 is 5.97. The maximum Gasteiger partial charge on any atom is 0.125 e. The van der Waals surface area contributed by atoms with Crippen LogP contribution in [0.1, 0.15) is 31.4 Å². The largest absolute Gasteiger partial charge is 0.493 e. The van der Waals surface area contributed by atoms with Gasteiger partial charge in [-0.1, -0.05) is 17.7 Å². The molecular formula is C13H18ClNO2. The first-order valence-corrected chi connectivity index (χ1v) is 6.37. The summed E-state index contributed by atoms with van der Waals surface area (Å²) in [6.45, 7) is 2.83. The van der Waals surface area contributed by atoms with Crippen molar-refractivity contribution < 1.29 is 9.84 Å². The number of halogens is 1. The van der Waals surface area contributed by atoms with Crippen LogP contribution in [0.3, 0.4) is 0 Å². The van der Waals surface area contributed by atoms with Gasteiger partial charge in [0.2, 0.25) is 0 Å². The van der Waals surface area contributed by atoms with Gasteiger partial charge in [-0.3, -0.25) is 0 Å². The number of nitrogens with one attached hydrogen (secondary N) is 1. The molecule has 0 bridgehead atoms. The van der Waals surface area contributed by atoms with Gasteiger partial charge in [0.05, 0.1) is 13.2 Å². The highest BCUT2D eigenvalue weighted by Crippen LogP contribution is 2.33. The molecule has 1 aliphatic heterocycles. The fourth-order valence-electron chi connectivity index (χ4n) is 2.12. The Bertz CT molecular complexity index is 384. The molecule has 0 saturated heterocycles. The molecule has 2 N–H and O–H groups in total. The number of ether oxygens (including phenoxy) is 1. The predicted molar refractivity (Wildman–Crippen MR) is 68.6 cm³/mol. The molecule has 0 amide bonds. The van der Waals surface area contributed by atoms with E-state index in [2.05, 4.69) is 5.32 Å². The Morgan fingerprint density at radius 3 is 3.18 bits per heavy atom. The number of hydrogen-bond acceptors (Lipinski definition) is 3. The van der Waals surface area contributed by atoms with Crippen molar-refractivity contribution >= 4 is 11.6 Å². The van der Waals surface area contributed by atoms with Gasteiger partial charge in [-0.25, -0.2) is 0 Å². The quantitative estimate of drug-likeness (QED) is 0.872. The molecule has 1 aliphatic rings. The molecule has 17 heavy (non-hydrogen) atoms. The van der Waals surface area contributed by atoms with Crippen LogP contribution in [-0.2, 0) is 0 Å². The second kappa shape index (κ2) is 5.71. The monoisotopic (exact) mass is 255 g/mol. The Kier molecular flexibility index (Phi) is 4.26. The lowest BCUT2D eigenvalue weighted by molar-refractivity contribution is 0.238. The molecule has 3 nitrogen and oxygen atoms in total. The molecule has 0 radical (unpaired) electrons. The maximum atomic E-state index is 9.11. The van der Waals surface area contributed by atoms with Crippen molar-refractivity contribution in [1.82, 2.24) is 5.32 Å². The van der Waals surface area contributed by atoms with Crippen molar-refractivity contribution in [1.29, 1.82) is 0 Å². The van der Waals surface area contributed by atoms with Crippen molar-refractivity contribution in [2.24, 2.45) is 0 Å². The average Bonchev–Trinajstić information content (AvgIpc) is 2.51. The van der Waals surface area contributed by atoms with Crippen molar-refractivity contribution in [2.75, 3.05) is 13.2 Å². The third-order valence-electron chi connectivity index (χ3n) is 3.01. The van der Waals surface area contributed by atoms with Gasteiger partial charge in [0.1, 0.15) is 5.75 Å². The van der Waals surface area contributed by atoms with E-state index in [9.17, 15) is 0 Å². The molecule has 1 heterocycles. The molecule has 2 atom stereocenters. The van der Waals surface area contributed by atoms with E-state index in [0.29, 0.717) is 5.02 Å². The van der Waals surface area contributed by atoms with E-state index in [-0.39, 0.29) is 18.7 Å². The molecule has 0 spiro atoms. The molecule has 94 valence electrons. The van der Waals surface area contributed by atoms with Crippen LogP contribution < -0.4 is 10.1 Å². The fraction of sp³-hybridized carbons (Fsp3) is 0.538. The fourth-order valence-corrected chi connectivity index (χ4v) is 2.28. The molecule has 0 aliphatic carbocycles. The zero-order valence-electron chi connectivity index (χ0n) is 9.95. The number of aliphatic hydroxyl groups is 1. The Labute approximate surface area is 107 Å². The minimum absolute atomic E-state index is 0.0848. The highest BCUT2D eigenvalue weighted by atomic mass is 35.5. The lowest BCUT2D eigenvalue weighted by Gasteiger charge is -2.22. The standard InChI is InChI=1S/C13H18ClNO2/c1-9(8-16)15-12-3-2-6-17-13-7-10(14)4-5-11(12)13/h4-5,7,9,12,15-16H,2-3,6,8H2,1H3/t9-,12?/m1/s1. The van der Waals surface area contributed by atoms with Crippen LogP contribution in [0.5, 0.6) is 5.75 Å². The summed E-state index contributed by atoms with van der Waals surface area (Å²) in [6.07, 6.45) is 2.01. The molecule has 4 heteroatoms. The summed E-state index contributed by atoms with van der Waals surface area (Å²) in [5.41, 5.74) is 1.13. The van der Waals surface area contributed by atoms with E-state index < -0.39 is 0 Å². The van der Waals surface area contributed by atoms with Gasteiger partial charge < -0.3 is 15.2 Å². The van der Waals surface area contributed by atoms with Crippen molar-refractivity contribution in [3.05, 3.63) is 28.8 Å². The Balaban J connectivity index is 2.23. The summed E-state index contributed by atoms with van der Waals surface area (Å²) in [5.74, 6) is 0.859. The van der Waals surface area contributed by atoms with Crippen LogP contribution in [0.15, 0.2) is 18.2 Å². The first-order chi connectivity index (χ1) is 8.20. The molecular weight excluding hydrogens is 238 g/mol. The van der Waals surface area contributed by atoms with E-state index in [1.807, 2.05) is 25.1 Å². The molecule has 0 fully saturated rings. The van der Waals surface area contributed by atoms with Gasteiger partial charge >= 0.3 is 0 Å². The molecule has 1 aromatic rings. The third-order valence-corrected chi connectivity index (χ3v) is 3.24. The Morgan fingerprint density at radius 2 is 2.41 bits per heavy atom. The van der Waals surface area contributed by atoms with Crippen LogP contribution >= 0.6 is 11.6 Å². The van der Waals surface area contributed by atoms with Gasteiger partial charge in [-0.15, -0.1) is 0 Å². The highest BCUT2D eigenvalue weighted by Gasteiger charge is 2.21. The van der Waals surface area contributed by atoms with Crippen molar-refractivity contribution in [3.63, 3.8) is 0 Å². The van der Waals surface area contributed by atoms with Gasteiger partial charge in [-0.05, 0) is 31.9 Å². The lowest BCUT2D eigenvalue weighted by atomic mass is 10.0.